The van der Waals surface area contributed by atoms with Crippen molar-refractivity contribution >= 4 is 56.9 Å². The molecular weight excluding hydrogens is 505 g/mol. The molecule has 1 aliphatic heterocycles. The maximum Gasteiger partial charge on any atom is 0.161 e. The van der Waals surface area contributed by atoms with Crippen molar-refractivity contribution in [3.8, 4) is 0 Å². The number of benzene rings is 2. The number of alkyl halides is 1. The Morgan fingerprint density at radius 1 is 1.11 bits per heavy atom. The van der Waals surface area contributed by atoms with Crippen LogP contribution in [-0.4, -0.2) is 58.7 Å². The molecule has 3 heterocycles. The van der Waals surface area contributed by atoms with Crippen molar-refractivity contribution in [3.05, 3.63) is 41.6 Å². The molecule has 0 saturated carbocycles. The number of rotatable bonds is 3. The van der Waals surface area contributed by atoms with Gasteiger partial charge in [0.05, 0.1) is 28.6 Å². The third-order valence-corrected chi connectivity index (χ3v) is 5.80. The Morgan fingerprint density at radius 3 is 2.39 bits per heavy atom. The highest BCUT2D eigenvalue weighted by Crippen LogP contribution is 2.36. The average molecular weight is 548 g/mol. The summed E-state index contributed by atoms with van der Waals surface area (Å²) in [5.74, 6) is 0.760. The number of piperazine rings is 1. The third-order valence-electron chi connectivity index (χ3n) is 5.51. The van der Waals surface area contributed by atoms with E-state index in [1.54, 1.807) is 0 Å². The molecule has 1 fully saturated rings. The van der Waals surface area contributed by atoms with Crippen molar-refractivity contribution in [3.63, 3.8) is 0 Å². The van der Waals surface area contributed by atoms with E-state index >= 15 is 0 Å². The van der Waals surface area contributed by atoms with Crippen LogP contribution in [0.2, 0.25) is 5.02 Å². The third kappa shape index (κ3) is 8.16. The first-order valence-corrected chi connectivity index (χ1v) is 13.4. The van der Waals surface area contributed by atoms with Gasteiger partial charge in [0, 0.05) is 62.7 Å². The molecule has 1 atom stereocenters. The molecule has 0 radical (unpaired) electrons. The number of nitrogens with zero attached hydrogens (tertiary/aromatic N) is 5. The summed E-state index contributed by atoms with van der Waals surface area (Å²) >= 11 is 6.75. The van der Waals surface area contributed by atoms with Gasteiger partial charge in [-0.15, -0.1) is 0 Å². The molecule has 5 rings (SSSR count). The molecule has 4 aromatic rings. The molecule has 1 unspecified atom stereocenters. The molecule has 10 heteroatoms. The second kappa shape index (κ2) is 16.6. The number of aldehydes is 1. The largest absolute Gasteiger partial charge is 0.369 e. The minimum Gasteiger partial charge on any atom is -0.369 e. The molecule has 1 aliphatic rings. The van der Waals surface area contributed by atoms with E-state index in [4.69, 9.17) is 21.5 Å². The normalized spacial score (nSPS) is 14.1. The van der Waals surface area contributed by atoms with Gasteiger partial charge < -0.3 is 20.3 Å². The lowest BCUT2D eigenvalue weighted by molar-refractivity contribution is -0.106. The number of nitrogens with one attached hydrogen (secondary N) is 2. The van der Waals surface area contributed by atoms with Gasteiger partial charge in [-0.05, 0) is 44.2 Å². The van der Waals surface area contributed by atoms with Gasteiger partial charge >= 0.3 is 0 Å². The SMILES string of the molecule is CC.CC.CC1CN(c2cc(Cl)c3c(Nc4ccc5nn(C)cc5c4)nn(C)c3c2)CCN1.CC=O.CF. The van der Waals surface area contributed by atoms with E-state index in [0.29, 0.717) is 18.2 Å². The first kappa shape index (κ1) is 32.9. The maximum atomic E-state index is 9.50. The maximum absolute atomic E-state index is 9.50. The van der Waals surface area contributed by atoms with E-state index in [-0.39, 0.29) is 0 Å². The number of fused-ring (bicyclic) bond motifs is 2. The van der Waals surface area contributed by atoms with E-state index in [1.807, 2.05) is 69.5 Å². The number of aryl methyl sites for hydroxylation is 2. The molecule has 2 aromatic carbocycles. The van der Waals surface area contributed by atoms with Crippen LogP contribution in [0, 0.1) is 0 Å². The molecule has 38 heavy (non-hydrogen) atoms. The van der Waals surface area contributed by atoms with Crippen molar-refractivity contribution in [1.29, 1.82) is 0 Å². The number of anilines is 3. The predicted molar refractivity (Wildman–Crippen MR) is 161 cm³/mol. The molecule has 0 bridgehead atoms. The van der Waals surface area contributed by atoms with Crippen LogP contribution < -0.4 is 15.5 Å². The highest BCUT2D eigenvalue weighted by Gasteiger charge is 2.20. The summed E-state index contributed by atoms with van der Waals surface area (Å²) in [6, 6.07) is 10.8. The summed E-state index contributed by atoms with van der Waals surface area (Å²) in [5.41, 5.74) is 4.09. The average Bonchev–Trinajstić information content (AvgIpc) is 3.46. The summed E-state index contributed by atoms with van der Waals surface area (Å²) in [4.78, 5) is 11.2. The monoisotopic (exact) mass is 547 g/mol. The van der Waals surface area contributed by atoms with Gasteiger partial charge in [-0.25, -0.2) is 0 Å². The first-order valence-electron chi connectivity index (χ1n) is 13.0. The number of carbonyl (C=O) groups excluding carboxylic acids is 1. The molecule has 210 valence electrons. The zero-order valence-electron chi connectivity index (χ0n) is 24.1. The van der Waals surface area contributed by atoms with E-state index in [1.165, 1.54) is 6.92 Å². The zero-order valence-corrected chi connectivity index (χ0v) is 24.9. The van der Waals surface area contributed by atoms with Crippen LogP contribution in [0.25, 0.3) is 21.8 Å². The molecule has 2 N–H and O–H groups in total. The molecule has 1 saturated heterocycles. The Bertz CT molecular complexity index is 1270. The highest BCUT2D eigenvalue weighted by molar-refractivity contribution is 6.37. The van der Waals surface area contributed by atoms with Crippen LogP contribution in [0.5, 0.6) is 0 Å². The number of aromatic nitrogens is 4. The van der Waals surface area contributed by atoms with Crippen molar-refractivity contribution in [2.75, 3.05) is 37.0 Å². The topological polar surface area (TPSA) is 80.0 Å². The van der Waals surface area contributed by atoms with Crippen LogP contribution in [0.1, 0.15) is 41.5 Å². The van der Waals surface area contributed by atoms with Crippen LogP contribution >= 0.6 is 11.6 Å². The molecule has 0 aliphatic carbocycles. The van der Waals surface area contributed by atoms with Gasteiger partial charge in [0.25, 0.3) is 0 Å². The molecule has 2 aromatic heterocycles. The van der Waals surface area contributed by atoms with Gasteiger partial charge in [-0.2, -0.15) is 10.2 Å². The highest BCUT2D eigenvalue weighted by atomic mass is 35.5. The lowest BCUT2D eigenvalue weighted by atomic mass is 10.1. The van der Waals surface area contributed by atoms with Crippen LogP contribution in [0.4, 0.5) is 21.6 Å². The first-order chi connectivity index (χ1) is 18.4. The van der Waals surface area contributed by atoms with E-state index in [0.717, 1.165) is 64.9 Å². The number of hydrogen-bond acceptors (Lipinski definition) is 6. The standard InChI is InChI=1S/C21H24ClN7.C2H4O.2C2H6.CH3F/c1-13-11-29(7-6-23-13)16-9-17(22)20-19(10-16)28(3)26-21(20)24-15-4-5-18-14(8-15)12-27(2)25-18;1-2-3;3*1-2/h4-5,8-10,12-13,23H,6-7,11H2,1-3H3,(H,24,26);2H,1H3;2*1-2H3;1H3. The Hall–Kier alpha value is -3.17. The summed E-state index contributed by atoms with van der Waals surface area (Å²) in [6.07, 6.45) is 2.75. The predicted octanol–water partition coefficient (Wildman–Crippen LogP) is 6.50. The van der Waals surface area contributed by atoms with E-state index in [9.17, 15) is 4.39 Å². The molecule has 0 amide bonds. The molecule has 8 nitrogen and oxygen atoms in total. The van der Waals surface area contributed by atoms with E-state index in [2.05, 4.69) is 45.8 Å². The number of carbonyl (C=O) groups is 1. The fourth-order valence-corrected chi connectivity index (χ4v) is 4.42. The Labute approximate surface area is 231 Å². The second-order valence-electron chi connectivity index (χ2n) is 8.03. The fraction of sp³-hybridized carbons (Fsp3) is 0.464. The van der Waals surface area contributed by atoms with Gasteiger partial charge in [0.1, 0.15) is 6.29 Å². The zero-order chi connectivity index (χ0) is 28.8. The number of hydrogen-bond donors (Lipinski definition) is 2. The minimum atomic E-state index is 0.462. The van der Waals surface area contributed by atoms with Crippen LogP contribution in [-0.2, 0) is 18.9 Å². The van der Waals surface area contributed by atoms with Gasteiger partial charge in [0.15, 0.2) is 5.82 Å². The summed E-state index contributed by atoms with van der Waals surface area (Å²) in [7, 11) is 4.38. The lowest BCUT2D eigenvalue weighted by Crippen LogP contribution is -2.49. The summed E-state index contributed by atoms with van der Waals surface area (Å²) in [5, 5.41) is 18.8. The Kier molecular flexibility index (Phi) is 14.4. The fourth-order valence-electron chi connectivity index (χ4n) is 4.12. The Balaban J connectivity index is 0.000000723. The number of halogens is 2. The summed E-state index contributed by atoms with van der Waals surface area (Å²) in [6.45, 7) is 14.6. The quantitative estimate of drug-likeness (QED) is 0.285. The summed E-state index contributed by atoms with van der Waals surface area (Å²) < 4.78 is 13.2. The van der Waals surface area contributed by atoms with Gasteiger partial charge in [0.2, 0.25) is 0 Å². The Morgan fingerprint density at radius 2 is 1.76 bits per heavy atom. The van der Waals surface area contributed by atoms with Crippen molar-refractivity contribution in [1.82, 2.24) is 24.9 Å². The van der Waals surface area contributed by atoms with Crippen LogP contribution in [0.15, 0.2) is 36.5 Å². The van der Waals surface area contributed by atoms with Crippen LogP contribution in [0.3, 0.4) is 0 Å². The molecule has 0 spiro atoms. The van der Waals surface area contributed by atoms with Crippen molar-refractivity contribution in [2.24, 2.45) is 14.1 Å². The minimum absolute atomic E-state index is 0.462. The smallest absolute Gasteiger partial charge is 0.161 e. The van der Waals surface area contributed by atoms with Crippen molar-refractivity contribution in [2.45, 2.75) is 47.6 Å². The van der Waals surface area contributed by atoms with Crippen molar-refractivity contribution < 1.29 is 9.18 Å². The van der Waals surface area contributed by atoms with Gasteiger partial charge in [-0.3, -0.25) is 13.8 Å². The molecular formula is C28H43ClFN7O. The van der Waals surface area contributed by atoms with E-state index < -0.39 is 0 Å². The van der Waals surface area contributed by atoms with Gasteiger partial charge in [-0.1, -0.05) is 39.3 Å². The lowest BCUT2D eigenvalue weighted by Gasteiger charge is -2.33. The second-order valence-corrected chi connectivity index (χ2v) is 8.44.